The molecule has 2 aromatic carbocycles. The number of methoxy groups -OCH3 is 1. The van der Waals surface area contributed by atoms with Gasteiger partial charge in [0.25, 0.3) is 0 Å². The smallest absolute Gasteiger partial charge is 0.339 e. The van der Waals surface area contributed by atoms with Crippen LogP contribution in [0.4, 0.5) is 0 Å². The summed E-state index contributed by atoms with van der Waals surface area (Å²) >= 11 is 5.99. The van der Waals surface area contributed by atoms with Gasteiger partial charge < -0.3 is 9.47 Å². The first-order valence-corrected chi connectivity index (χ1v) is 6.59. The van der Waals surface area contributed by atoms with E-state index in [2.05, 4.69) is 4.74 Å². The summed E-state index contributed by atoms with van der Waals surface area (Å²) in [5.74, 6) is -1.18. The van der Waals surface area contributed by atoms with Crippen molar-refractivity contribution in [3.05, 3.63) is 70.2 Å². The summed E-state index contributed by atoms with van der Waals surface area (Å²) in [6.07, 6.45) is 0. The topological polar surface area (TPSA) is 52.6 Å². The number of hydrogen-bond donors (Lipinski definition) is 0. The van der Waals surface area contributed by atoms with Crippen LogP contribution >= 0.6 is 11.6 Å². The standard InChI is InChI=1S/C16H13ClO4/c1-20-15(18)12-7-3-4-8-13(12)16(19)21-10-11-6-2-5-9-14(11)17/h2-9H,10H2,1H3. The summed E-state index contributed by atoms with van der Waals surface area (Å²) in [6.45, 7) is 0.0357. The van der Waals surface area contributed by atoms with Crippen molar-refractivity contribution in [2.75, 3.05) is 7.11 Å². The maximum atomic E-state index is 12.1. The van der Waals surface area contributed by atoms with Crippen molar-refractivity contribution in [2.45, 2.75) is 6.61 Å². The second kappa shape index (κ2) is 6.90. The van der Waals surface area contributed by atoms with Gasteiger partial charge in [-0.1, -0.05) is 41.9 Å². The Labute approximate surface area is 127 Å². The van der Waals surface area contributed by atoms with Gasteiger partial charge in [-0.15, -0.1) is 0 Å². The fourth-order valence-electron chi connectivity index (χ4n) is 1.79. The maximum absolute atomic E-state index is 12.1. The molecule has 0 saturated carbocycles. The van der Waals surface area contributed by atoms with Crippen molar-refractivity contribution in [1.82, 2.24) is 0 Å². The van der Waals surface area contributed by atoms with E-state index in [4.69, 9.17) is 16.3 Å². The zero-order chi connectivity index (χ0) is 15.2. The SMILES string of the molecule is COC(=O)c1ccccc1C(=O)OCc1ccccc1Cl. The van der Waals surface area contributed by atoms with Gasteiger partial charge >= 0.3 is 11.9 Å². The predicted octanol–water partition coefficient (Wildman–Crippen LogP) is 3.48. The van der Waals surface area contributed by atoms with Gasteiger partial charge in [0.05, 0.1) is 18.2 Å². The molecule has 0 aliphatic rings. The molecule has 0 aliphatic heterocycles. The number of hydrogen-bond acceptors (Lipinski definition) is 4. The molecule has 21 heavy (non-hydrogen) atoms. The van der Waals surface area contributed by atoms with Crippen LogP contribution in [0.2, 0.25) is 5.02 Å². The Bertz CT molecular complexity index is 667. The lowest BCUT2D eigenvalue weighted by Gasteiger charge is -2.09. The molecular weight excluding hydrogens is 292 g/mol. The molecule has 0 aromatic heterocycles. The molecule has 0 bridgehead atoms. The highest BCUT2D eigenvalue weighted by Crippen LogP contribution is 2.17. The highest BCUT2D eigenvalue weighted by Gasteiger charge is 2.18. The highest BCUT2D eigenvalue weighted by molar-refractivity contribution is 6.31. The van der Waals surface area contributed by atoms with E-state index in [-0.39, 0.29) is 17.7 Å². The molecule has 0 amide bonds. The minimum atomic E-state index is -0.601. The predicted molar refractivity (Wildman–Crippen MR) is 78.4 cm³/mol. The third kappa shape index (κ3) is 3.61. The average molecular weight is 305 g/mol. The van der Waals surface area contributed by atoms with Gasteiger partial charge in [0, 0.05) is 10.6 Å². The Morgan fingerprint density at radius 1 is 0.952 bits per heavy atom. The van der Waals surface area contributed by atoms with E-state index in [1.54, 1.807) is 36.4 Å². The second-order valence-electron chi connectivity index (χ2n) is 4.20. The summed E-state index contributed by atoms with van der Waals surface area (Å²) < 4.78 is 9.84. The third-order valence-corrected chi connectivity index (χ3v) is 3.24. The fourth-order valence-corrected chi connectivity index (χ4v) is 1.98. The first kappa shape index (κ1) is 15.1. The number of benzene rings is 2. The molecule has 0 unspecified atom stereocenters. The Hall–Kier alpha value is -2.33. The minimum absolute atomic E-state index is 0.0357. The largest absolute Gasteiger partial charge is 0.465 e. The van der Waals surface area contributed by atoms with E-state index >= 15 is 0 Å². The van der Waals surface area contributed by atoms with E-state index in [0.29, 0.717) is 10.6 Å². The molecule has 0 saturated heterocycles. The summed E-state index contributed by atoms with van der Waals surface area (Å²) in [6, 6.07) is 13.4. The Morgan fingerprint density at radius 2 is 1.52 bits per heavy atom. The number of ether oxygens (including phenoxy) is 2. The van der Waals surface area contributed by atoms with Crippen LogP contribution in [-0.4, -0.2) is 19.0 Å². The van der Waals surface area contributed by atoms with Crippen LogP contribution < -0.4 is 0 Å². The lowest BCUT2D eigenvalue weighted by atomic mass is 10.1. The van der Waals surface area contributed by atoms with Crippen molar-refractivity contribution >= 4 is 23.5 Å². The molecule has 0 spiro atoms. The van der Waals surface area contributed by atoms with Crippen molar-refractivity contribution in [3.63, 3.8) is 0 Å². The normalized spacial score (nSPS) is 10.0. The van der Waals surface area contributed by atoms with Crippen LogP contribution in [0.1, 0.15) is 26.3 Å². The number of halogens is 1. The lowest BCUT2D eigenvalue weighted by molar-refractivity contribution is 0.0458. The summed E-state index contributed by atoms with van der Waals surface area (Å²) in [5.41, 5.74) is 1.03. The first-order chi connectivity index (χ1) is 10.1. The van der Waals surface area contributed by atoms with Gasteiger partial charge in [-0.25, -0.2) is 9.59 Å². The molecule has 4 nitrogen and oxygen atoms in total. The van der Waals surface area contributed by atoms with Crippen LogP contribution in [-0.2, 0) is 16.1 Å². The fraction of sp³-hybridized carbons (Fsp3) is 0.125. The monoisotopic (exact) mass is 304 g/mol. The number of carbonyl (C=O) groups is 2. The summed E-state index contributed by atoms with van der Waals surface area (Å²) in [5, 5.41) is 0.520. The molecule has 0 N–H and O–H groups in total. The van der Waals surface area contributed by atoms with Crippen molar-refractivity contribution in [2.24, 2.45) is 0 Å². The summed E-state index contributed by atoms with van der Waals surface area (Å²) in [7, 11) is 1.26. The Balaban J connectivity index is 2.14. The van der Waals surface area contributed by atoms with Crippen molar-refractivity contribution in [3.8, 4) is 0 Å². The molecular formula is C16H13ClO4. The first-order valence-electron chi connectivity index (χ1n) is 6.21. The molecule has 0 atom stereocenters. The van der Waals surface area contributed by atoms with Crippen molar-refractivity contribution < 1.29 is 19.1 Å². The molecule has 0 fully saturated rings. The van der Waals surface area contributed by atoms with Gasteiger partial charge in [-0.2, -0.15) is 0 Å². The molecule has 0 aliphatic carbocycles. The zero-order valence-electron chi connectivity index (χ0n) is 11.3. The molecule has 0 heterocycles. The van der Waals surface area contributed by atoms with Crippen LogP contribution in [0, 0.1) is 0 Å². The van der Waals surface area contributed by atoms with Gasteiger partial charge in [0.1, 0.15) is 6.61 Å². The van der Waals surface area contributed by atoms with E-state index in [1.165, 1.54) is 19.2 Å². The molecule has 0 radical (unpaired) electrons. The van der Waals surface area contributed by atoms with Crippen molar-refractivity contribution in [1.29, 1.82) is 0 Å². The van der Waals surface area contributed by atoms with Gasteiger partial charge in [0.15, 0.2) is 0 Å². The molecule has 5 heteroatoms. The molecule has 2 rings (SSSR count). The lowest BCUT2D eigenvalue weighted by Crippen LogP contribution is -2.12. The quantitative estimate of drug-likeness (QED) is 0.811. The van der Waals surface area contributed by atoms with E-state index in [1.807, 2.05) is 0 Å². The van der Waals surface area contributed by atoms with E-state index in [0.717, 1.165) is 0 Å². The third-order valence-electron chi connectivity index (χ3n) is 2.87. The molecule has 108 valence electrons. The number of esters is 2. The van der Waals surface area contributed by atoms with Gasteiger partial charge in [-0.05, 0) is 18.2 Å². The maximum Gasteiger partial charge on any atom is 0.339 e. The average Bonchev–Trinajstić information content (AvgIpc) is 2.53. The Morgan fingerprint density at radius 3 is 2.14 bits per heavy atom. The van der Waals surface area contributed by atoms with Crippen LogP contribution in [0.25, 0.3) is 0 Å². The number of rotatable bonds is 4. The van der Waals surface area contributed by atoms with E-state index < -0.39 is 11.9 Å². The van der Waals surface area contributed by atoms with Crippen LogP contribution in [0.5, 0.6) is 0 Å². The van der Waals surface area contributed by atoms with Gasteiger partial charge in [0.2, 0.25) is 0 Å². The summed E-state index contributed by atoms with van der Waals surface area (Å²) in [4.78, 5) is 23.7. The van der Waals surface area contributed by atoms with E-state index in [9.17, 15) is 9.59 Å². The zero-order valence-corrected chi connectivity index (χ0v) is 12.1. The van der Waals surface area contributed by atoms with Crippen LogP contribution in [0.3, 0.4) is 0 Å². The minimum Gasteiger partial charge on any atom is -0.465 e. The highest BCUT2D eigenvalue weighted by atomic mass is 35.5. The van der Waals surface area contributed by atoms with Crippen LogP contribution in [0.15, 0.2) is 48.5 Å². The molecule has 2 aromatic rings. The second-order valence-corrected chi connectivity index (χ2v) is 4.61. The number of carbonyl (C=O) groups excluding carboxylic acids is 2. The Kier molecular flexibility index (Phi) is 4.95. The van der Waals surface area contributed by atoms with Gasteiger partial charge in [-0.3, -0.25) is 0 Å².